The van der Waals surface area contributed by atoms with E-state index in [-0.39, 0.29) is 30.3 Å². The largest absolute Gasteiger partial charge is 0.367 e. The molecule has 25 heavy (non-hydrogen) atoms. The van der Waals surface area contributed by atoms with Gasteiger partial charge in [-0.3, -0.25) is 14.4 Å². The summed E-state index contributed by atoms with van der Waals surface area (Å²) in [6.07, 6.45) is 6.06. The van der Waals surface area contributed by atoms with E-state index >= 15 is 0 Å². The van der Waals surface area contributed by atoms with Crippen LogP contribution in [0.4, 0.5) is 0 Å². The van der Waals surface area contributed by atoms with E-state index in [1.54, 1.807) is 4.90 Å². The smallest absolute Gasteiger partial charge is 0.248 e. The minimum absolute atomic E-state index is 0.00787. The van der Waals surface area contributed by atoms with Crippen LogP contribution in [0.25, 0.3) is 0 Å². The van der Waals surface area contributed by atoms with Gasteiger partial charge in [-0.2, -0.15) is 0 Å². The van der Waals surface area contributed by atoms with Gasteiger partial charge in [-0.05, 0) is 56.3 Å². The number of carbonyl (C=O) groups excluding carboxylic acids is 3. The third-order valence-electron chi connectivity index (χ3n) is 6.66. The van der Waals surface area contributed by atoms with Gasteiger partial charge in [0.15, 0.2) is 6.10 Å². The number of carbonyl (C=O) groups is 3. The average Bonchev–Trinajstić information content (AvgIpc) is 2.58. The van der Waals surface area contributed by atoms with Crippen LogP contribution in [0.3, 0.4) is 0 Å². The number of rotatable bonds is 4. The Bertz CT molecular complexity index is 556. The Kier molecular flexibility index (Phi) is 4.22. The second-order valence-corrected chi connectivity index (χ2v) is 8.48. The molecule has 5 aliphatic rings. The summed E-state index contributed by atoms with van der Waals surface area (Å²) >= 11 is 0. The maximum atomic E-state index is 12.9. The molecule has 5 rings (SSSR count). The highest BCUT2D eigenvalue weighted by molar-refractivity contribution is 5.88. The molecule has 5 fully saturated rings. The maximum Gasteiger partial charge on any atom is 0.248 e. The molecule has 4 aliphatic carbocycles. The van der Waals surface area contributed by atoms with Crippen LogP contribution in [0.15, 0.2) is 0 Å². The van der Waals surface area contributed by atoms with E-state index in [1.165, 1.54) is 19.3 Å². The maximum absolute atomic E-state index is 12.9. The summed E-state index contributed by atoms with van der Waals surface area (Å²) in [4.78, 5) is 38.1. The van der Waals surface area contributed by atoms with E-state index in [2.05, 4.69) is 5.32 Å². The number of hydrogen-bond acceptors (Lipinski definition) is 4. The summed E-state index contributed by atoms with van der Waals surface area (Å²) in [7, 11) is 0. The van der Waals surface area contributed by atoms with Crippen molar-refractivity contribution in [3.63, 3.8) is 0 Å². The Hall–Kier alpha value is -1.63. The summed E-state index contributed by atoms with van der Waals surface area (Å²) in [5, 5.41) is 2.89. The number of ether oxygens (including phenoxy) is 1. The molecular weight excluding hydrogens is 322 g/mol. The first-order chi connectivity index (χ1) is 11.9. The van der Waals surface area contributed by atoms with Crippen molar-refractivity contribution < 1.29 is 19.1 Å². The normalized spacial score (nSPS) is 39.3. The van der Waals surface area contributed by atoms with Gasteiger partial charge < -0.3 is 20.7 Å². The molecule has 0 radical (unpaired) electrons. The molecule has 0 spiro atoms. The highest BCUT2D eigenvalue weighted by atomic mass is 16.5. The predicted octanol–water partition coefficient (Wildman–Crippen LogP) is 0.0317. The van der Waals surface area contributed by atoms with Crippen molar-refractivity contribution in [3.8, 4) is 0 Å². The van der Waals surface area contributed by atoms with E-state index < -0.39 is 12.0 Å². The van der Waals surface area contributed by atoms with Crippen LogP contribution in [0.1, 0.15) is 38.5 Å². The van der Waals surface area contributed by atoms with E-state index in [9.17, 15) is 14.4 Å². The Morgan fingerprint density at radius 1 is 1.08 bits per heavy atom. The molecule has 1 atom stereocenters. The molecule has 7 heteroatoms. The van der Waals surface area contributed by atoms with Gasteiger partial charge in [-0.15, -0.1) is 0 Å². The summed E-state index contributed by atoms with van der Waals surface area (Å²) in [6.45, 7) is 0.881. The summed E-state index contributed by atoms with van der Waals surface area (Å²) in [5.74, 6) is 1.41. The first-order valence-electron chi connectivity index (χ1n) is 9.42. The summed E-state index contributed by atoms with van der Waals surface area (Å²) in [5.41, 5.74) is 5.01. The number of morpholine rings is 1. The quantitative estimate of drug-likeness (QED) is 0.748. The first kappa shape index (κ1) is 16.8. The van der Waals surface area contributed by atoms with Gasteiger partial charge in [-0.25, -0.2) is 0 Å². The fourth-order valence-electron chi connectivity index (χ4n) is 5.89. The predicted molar refractivity (Wildman–Crippen MR) is 89.1 cm³/mol. The fraction of sp³-hybridized carbons (Fsp3) is 0.833. The molecule has 7 nitrogen and oxygen atoms in total. The lowest BCUT2D eigenvalue weighted by Crippen LogP contribution is -2.56. The fourth-order valence-corrected chi connectivity index (χ4v) is 5.89. The van der Waals surface area contributed by atoms with Crippen LogP contribution in [0.5, 0.6) is 0 Å². The highest BCUT2D eigenvalue weighted by Crippen LogP contribution is 2.60. The topological polar surface area (TPSA) is 102 Å². The molecule has 138 valence electrons. The number of primary amides is 1. The minimum atomic E-state index is -0.753. The van der Waals surface area contributed by atoms with Crippen molar-refractivity contribution >= 4 is 17.7 Å². The minimum Gasteiger partial charge on any atom is -0.367 e. The lowest BCUT2D eigenvalue weighted by atomic mass is 9.49. The second kappa shape index (κ2) is 6.27. The second-order valence-electron chi connectivity index (χ2n) is 8.48. The number of amides is 3. The Labute approximate surface area is 147 Å². The molecule has 1 aliphatic heterocycles. The van der Waals surface area contributed by atoms with E-state index in [4.69, 9.17) is 10.5 Å². The van der Waals surface area contributed by atoms with Crippen molar-refractivity contribution in [2.24, 2.45) is 28.9 Å². The molecule has 1 heterocycles. The number of nitrogens with zero attached hydrogens (tertiary/aromatic N) is 1. The van der Waals surface area contributed by atoms with Crippen molar-refractivity contribution in [1.82, 2.24) is 10.2 Å². The molecule has 1 saturated heterocycles. The van der Waals surface area contributed by atoms with Gasteiger partial charge in [0.25, 0.3) is 0 Å². The van der Waals surface area contributed by atoms with Gasteiger partial charge in [-0.1, -0.05) is 0 Å². The molecule has 4 saturated carbocycles. The Balaban J connectivity index is 1.33. The molecule has 0 aromatic rings. The lowest BCUT2D eigenvalue weighted by molar-refractivity contribution is -0.150. The van der Waals surface area contributed by atoms with Crippen LogP contribution in [0.2, 0.25) is 0 Å². The van der Waals surface area contributed by atoms with Gasteiger partial charge >= 0.3 is 0 Å². The molecule has 4 bridgehead atoms. The monoisotopic (exact) mass is 349 g/mol. The van der Waals surface area contributed by atoms with E-state index in [0.717, 1.165) is 19.3 Å². The lowest BCUT2D eigenvalue weighted by Gasteiger charge is -2.55. The van der Waals surface area contributed by atoms with Crippen molar-refractivity contribution in [1.29, 1.82) is 0 Å². The van der Waals surface area contributed by atoms with Crippen LogP contribution in [0, 0.1) is 23.2 Å². The van der Waals surface area contributed by atoms with Crippen LogP contribution in [-0.4, -0.2) is 55.0 Å². The SMILES string of the molecule is NC(=O)C1CN(C(=O)CNC(=O)C23CC4CC(CC(C4)C2)C3)CCO1. The van der Waals surface area contributed by atoms with Crippen molar-refractivity contribution in [3.05, 3.63) is 0 Å². The van der Waals surface area contributed by atoms with Gasteiger partial charge in [0.2, 0.25) is 17.7 Å². The number of hydrogen-bond donors (Lipinski definition) is 2. The zero-order chi connectivity index (χ0) is 17.6. The molecule has 1 unspecified atom stereocenters. The van der Waals surface area contributed by atoms with Crippen LogP contribution >= 0.6 is 0 Å². The van der Waals surface area contributed by atoms with E-state index in [1.807, 2.05) is 0 Å². The third-order valence-corrected chi connectivity index (χ3v) is 6.66. The number of nitrogens with one attached hydrogen (secondary N) is 1. The molecule has 0 aromatic heterocycles. The summed E-state index contributed by atoms with van der Waals surface area (Å²) < 4.78 is 5.25. The van der Waals surface area contributed by atoms with Crippen molar-refractivity contribution in [2.45, 2.75) is 44.6 Å². The molecule has 3 N–H and O–H groups in total. The average molecular weight is 349 g/mol. The molecular formula is C18H27N3O4. The first-order valence-corrected chi connectivity index (χ1v) is 9.42. The van der Waals surface area contributed by atoms with Crippen LogP contribution < -0.4 is 11.1 Å². The van der Waals surface area contributed by atoms with E-state index in [0.29, 0.717) is 30.9 Å². The van der Waals surface area contributed by atoms with Gasteiger partial charge in [0.05, 0.1) is 19.7 Å². The zero-order valence-electron chi connectivity index (χ0n) is 14.5. The van der Waals surface area contributed by atoms with Gasteiger partial charge in [0, 0.05) is 12.0 Å². The Morgan fingerprint density at radius 3 is 2.24 bits per heavy atom. The van der Waals surface area contributed by atoms with Crippen molar-refractivity contribution in [2.75, 3.05) is 26.2 Å². The number of nitrogens with two attached hydrogens (primary N) is 1. The molecule has 0 aromatic carbocycles. The van der Waals surface area contributed by atoms with Gasteiger partial charge in [0.1, 0.15) is 0 Å². The zero-order valence-corrected chi connectivity index (χ0v) is 14.5. The van der Waals surface area contributed by atoms with Crippen LogP contribution in [-0.2, 0) is 19.1 Å². The third kappa shape index (κ3) is 3.14. The Morgan fingerprint density at radius 2 is 1.68 bits per heavy atom. The highest BCUT2D eigenvalue weighted by Gasteiger charge is 2.54. The molecule has 3 amide bonds. The summed E-state index contributed by atoms with van der Waals surface area (Å²) in [6, 6.07) is 0. The standard InChI is InChI=1S/C18H27N3O4/c19-16(23)14-10-21(1-2-25-14)15(22)9-20-17(24)18-6-11-3-12(7-18)5-13(4-11)8-18/h11-14H,1-10H2,(H2,19,23)(H,20,24).